The number of amides is 1. The minimum atomic E-state index is -0.566. The summed E-state index contributed by atoms with van der Waals surface area (Å²) in [6, 6.07) is 23.1. The van der Waals surface area contributed by atoms with Crippen molar-refractivity contribution in [2.75, 3.05) is 6.54 Å². The molecule has 3 aromatic carbocycles. The third kappa shape index (κ3) is 6.49. The van der Waals surface area contributed by atoms with Crippen LogP contribution in [-0.2, 0) is 16.1 Å². The highest BCUT2D eigenvalue weighted by Gasteiger charge is 2.15. The molecule has 0 aliphatic heterocycles. The Kier molecular flexibility index (Phi) is 7.80. The molecular formula is C27H22ClNO6. The number of rotatable bonds is 8. The van der Waals surface area contributed by atoms with Gasteiger partial charge in [0.2, 0.25) is 0 Å². The topological polar surface area (TPSA) is 94.8 Å². The van der Waals surface area contributed by atoms with Crippen LogP contribution in [0.25, 0.3) is 22.1 Å². The summed E-state index contributed by atoms with van der Waals surface area (Å²) in [5.74, 6) is -0.444. The molecule has 0 saturated heterocycles. The molecule has 35 heavy (non-hydrogen) atoms. The van der Waals surface area contributed by atoms with Crippen molar-refractivity contribution in [3.63, 3.8) is 0 Å². The van der Waals surface area contributed by atoms with Crippen molar-refractivity contribution < 1.29 is 23.5 Å². The number of ether oxygens (including phenoxy) is 2. The fourth-order valence-electron chi connectivity index (χ4n) is 3.47. The van der Waals surface area contributed by atoms with E-state index >= 15 is 0 Å². The van der Waals surface area contributed by atoms with E-state index in [0.717, 1.165) is 11.1 Å². The van der Waals surface area contributed by atoms with E-state index in [0.29, 0.717) is 17.4 Å². The van der Waals surface area contributed by atoms with Crippen LogP contribution in [0.3, 0.4) is 0 Å². The summed E-state index contributed by atoms with van der Waals surface area (Å²) >= 11 is 6.36. The largest absolute Gasteiger partial charge is 0.445 e. The number of hydrogen-bond donors (Lipinski definition) is 1. The summed E-state index contributed by atoms with van der Waals surface area (Å²) in [6.45, 7) is 0.404. The van der Waals surface area contributed by atoms with Crippen molar-refractivity contribution in [3.8, 4) is 16.9 Å². The van der Waals surface area contributed by atoms with Crippen LogP contribution in [0.2, 0.25) is 5.02 Å². The molecule has 0 aliphatic carbocycles. The van der Waals surface area contributed by atoms with Crippen LogP contribution in [0.1, 0.15) is 18.4 Å². The molecular weight excluding hydrogens is 470 g/mol. The Morgan fingerprint density at radius 1 is 0.943 bits per heavy atom. The fourth-order valence-corrected chi connectivity index (χ4v) is 3.67. The van der Waals surface area contributed by atoms with Crippen molar-refractivity contribution in [3.05, 3.63) is 99.9 Å². The van der Waals surface area contributed by atoms with Crippen molar-refractivity contribution in [2.45, 2.75) is 19.4 Å². The lowest BCUT2D eigenvalue weighted by molar-refractivity contribution is -0.134. The minimum Gasteiger partial charge on any atom is -0.445 e. The first kappa shape index (κ1) is 24.0. The van der Waals surface area contributed by atoms with E-state index in [2.05, 4.69) is 5.32 Å². The number of nitrogens with one attached hydrogen (secondary N) is 1. The molecule has 1 aromatic heterocycles. The van der Waals surface area contributed by atoms with Gasteiger partial charge in [-0.1, -0.05) is 72.3 Å². The number of carbonyl (C=O) groups excluding carboxylic acids is 2. The molecule has 0 aliphatic rings. The van der Waals surface area contributed by atoms with Crippen LogP contribution in [-0.4, -0.2) is 18.6 Å². The van der Waals surface area contributed by atoms with Crippen LogP contribution >= 0.6 is 11.6 Å². The zero-order valence-corrected chi connectivity index (χ0v) is 19.4. The zero-order chi connectivity index (χ0) is 24.6. The van der Waals surface area contributed by atoms with Crippen LogP contribution in [0, 0.1) is 0 Å². The van der Waals surface area contributed by atoms with Crippen molar-refractivity contribution in [2.24, 2.45) is 0 Å². The highest BCUT2D eigenvalue weighted by molar-refractivity contribution is 6.33. The Balaban J connectivity index is 1.33. The number of carbonyl (C=O) groups is 2. The van der Waals surface area contributed by atoms with E-state index < -0.39 is 17.7 Å². The lowest BCUT2D eigenvalue weighted by atomic mass is 10.0. The average molecular weight is 492 g/mol. The minimum absolute atomic E-state index is 0.0430. The third-order valence-corrected chi connectivity index (χ3v) is 5.44. The molecule has 0 radical (unpaired) electrons. The molecule has 0 unspecified atom stereocenters. The molecule has 0 saturated carbocycles. The Morgan fingerprint density at radius 3 is 2.40 bits per heavy atom. The van der Waals surface area contributed by atoms with E-state index in [1.807, 2.05) is 60.7 Å². The zero-order valence-electron chi connectivity index (χ0n) is 18.7. The van der Waals surface area contributed by atoms with Crippen molar-refractivity contribution in [1.29, 1.82) is 0 Å². The van der Waals surface area contributed by atoms with Gasteiger partial charge < -0.3 is 19.2 Å². The van der Waals surface area contributed by atoms with Crippen LogP contribution in [0.5, 0.6) is 5.75 Å². The molecule has 0 fully saturated rings. The molecule has 1 N–H and O–H groups in total. The van der Waals surface area contributed by atoms with Gasteiger partial charge in [-0.05, 0) is 29.2 Å². The van der Waals surface area contributed by atoms with Gasteiger partial charge in [0.05, 0.1) is 5.02 Å². The standard InChI is InChI=1S/C27H22ClNO6/c28-22-14-21-20(19-10-5-2-6-11-19)15-26(31)34-23(21)16-24(22)35-25(30)12-7-13-29-27(32)33-17-18-8-3-1-4-9-18/h1-6,8-11,14-16H,7,12-13,17H2,(H,29,32). The Bertz CT molecular complexity index is 1390. The number of hydrogen-bond acceptors (Lipinski definition) is 6. The maximum absolute atomic E-state index is 12.3. The van der Waals surface area contributed by atoms with Gasteiger partial charge in [0, 0.05) is 30.5 Å². The van der Waals surface area contributed by atoms with Crippen LogP contribution in [0.15, 0.2) is 88.1 Å². The third-order valence-electron chi connectivity index (χ3n) is 5.15. The second-order valence-electron chi connectivity index (χ2n) is 7.69. The fraction of sp³-hybridized carbons (Fsp3) is 0.148. The molecule has 1 heterocycles. The number of benzene rings is 3. The van der Waals surface area contributed by atoms with E-state index in [1.165, 1.54) is 12.1 Å². The Hall–Kier alpha value is -4.10. The van der Waals surface area contributed by atoms with Gasteiger partial charge in [-0.2, -0.15) is 0 Å². The number of halogens is 1. The smallest absolute Gasteiger partial charge is 0.407 e. The second-order valence-corrected chi connectivity index (χ2v) is 8.10. The molecule has 1 amide bonds. The Morgan fingerprint density at radius 2 is 1.66 bits per heavy atom. The van der Waals surface area contributed by atoms with Crippen molar-refractivity contribution in [1.82, 2.24) is 5.32 Å². The SMILES string of the molecule is O=C(CCCNC(=O)OCc1ccccc1)Oc1cc2oc(=O)cc(-c3ccccc3)c2cc1Cl. The summed E-state index contributed by atoms with van der Waals surface area (Å²) in [4.78, 5) is 36.2. The first-order chi connectivity index (χ1) is 17.0. The summed E-state index contributed by atoms with van der Waals surface area (Å²) in [5, 5.41) is 3.42. The molecule has 0 spiro atoms. The van der Waals surface area contributed by atoms with E-state index in [9.17, 15) is 14.4 Å². The molecule has 7 nitrogen and oxygen atoms in total. The maximum atomic E-state index is 12.3. The number of alkyl carbamates (subject to hydrolysis) is 1. The summed E-state index contributed by atoms with van der Waals surface area (Å²) < 4.78 is 15.8. The van der Waals surface area contributed by atoms with Crippen molar-refractivity contribution >= 4 is 34.6 Å². The van der Waals surface area contributed by atoms with Gasteiger partial charge in [-0.25, -0.2) is 9.59 Å². The monoisotopic (exact) mass is 491 g/mol. The van der Waals surface area contributed by atoms with Gasteiger partial charge in [0.25, 0.3) is 0 Å². The van der Waals surface area contributed by atoms with E-state index in [4.69, 9.17) is 25.5 Å². The molecule has 178 valence electrons. The van der Waals surface area contributed by atoms with Gasteiger partial charge in [-0.15, -0.1) is 0 Å². The molecule has 4 aromatic rings. The number of esters is 1. The predicted octanol–water partition coefficient (Wildman–Crippen LogP) is 5.73. The first-order valence-corrected chi connectivity index (χ1v) is 11.4. The lowest BCUT2D eigenvalue weighted by Gasteiger charge is -2.10. The first-order valence-electron chi connectivity index (χ1n) is 11.0. The molecule has 0 bridgehead atoms. The van der Waals surface area contributed by atoms with Gasteiger partial charge in [0.15, 0.2) is 5.75 Å². The number of fused-ring (bicyclic) bond motifs is 1. The van der Waals surface area contributed by atoms with E-state index in [-0.39, 0.29) is 35.9 Å². The summed E-state index contributed by atoms with van der Waals surface area (Å²) in [7, 11) is 0. The summed E-state index contributed by atoms with van der Waals surface area (Å²) in [5.41, 5.74) is 2.11. The lowest BCUT2D eigenvalue weighted by Crippen LogP contribution is -2.26. The maximum Gasteiger partial charge on any atom is 0.407 e. The molecule has 4 rings (SSSR count). The van der Waals surface area contributed by atoms with Crippen LogP contribution < -0.4 is 15.7 Å². The average Bonchev–Trinajstić information content (AvgIpc) is 2.87. The quantitative estimate of drug-likeness (QED) is 0.146. The summed E-state index contributed by atoms with van der Waals surface area (Å²) in [6.07, 6.45) is -0.178. The Labute approximate surface area is 206 Å². The predicted molar refractivity (Wildman–Crippen MR) is 132 cm³/mol. The normalized spacial score (nSPS) is 10.7. The van der Waals surface area contributed by atoms with Gasteiger partial charge in [-0.3, -0.25) is 4.79 Å². The van der Waals surface area contributed by atoms with Gasteiger partial charge in [0.1, 0.15) is 12.2 Å². The van der Waals surface area contributed by atoms with Gasteiger partial charge >= 0.3 is 17.7 Å². The second kappa shape index (κ2) is 11.4. The van der Waals surface area contributed by atoms with Crippen LogP contribution in [0.4, 0.5) is 4.79 Å². The highest BCUT2D eigenvalue weighted by atomic mass is 35.5. The highest BCUT2D eigenvalue weighted by Crippen LogP contribution is 2.35. The molecule has 8 heteroatoms. The molecule has 0 atom stereocenters. The van der Waals surface area contributed by atoms with E-state index in [1.54, 1.807) is 6.07 Å².